The van der Waals surface area contributed by atoms with Gasteiger partial charge >= 0.3 is 0 Å². The van der Waals surface area contributed by atoms with Gasteiger partial charge in [0.15, 0.2) is 0 Å². The molecule has 0 rings (SSSR count). The SMILES string of the molecule is CN=C(C)CCC(C)(C)N(C)N. The third-order valence-electron chi connectivity index (χ3n) is 2.44. The van der Waals surface area contributed by atoms with E-state index < -0.39 is 0 Å². The van der Waals surface area contributed by atoms with Crippen molar-refractivity contribution in [1.82, 2.24) is 5.01 Å². The summed E-state index contributed by atoms with van der Waals surface area (Å²) in [6.07, 6.45) is 2.06. The molecule has 0 aromatic carbocycles. The Kier molecular flexibility index (Phi) is 4.42. The van der Waals surface area contributed by atoms with E-state index in [4.69, 9.17) is 5.84 Å². The zero-order valence-electron chi connectivity index (χ0n) is 8.89. The maximum Gasteiger partial charge on any atom is 0.0296 e. The van der Waals surface area contributed by atoms with Crippen LogP contribution in [0, 0.1) is 0 Å². The Morgan fingerprint density at radius 3 is 2.33 bits per heavy atom. The Bertz CT molecular complexity index is 159. The monoisotopic (exact) mass is 171 g/mol. The average Bonchev–Trinajstić information content (AvgIpc) is 2.00. The van der Waals surface area contributed by atoms with Gasteiger partial charge in [0.25, 0.3) is 0 Å². The maximum atomic E-state index is 5.69. The lowest BCUT2D eigenvalue weighted by Gasteiger charge is -2.31. The lowest BCUT2D eigenvalue weighted by molar-refractivity contribution is 0.150. The highest BCUT2D eigenvalue weighted by Gasteiger charge is 2.20. The van der Waals surface area contributed by atoms with E-state index in [0.29, 0.717) is 0 Å². The number of hydrogen-bond acceptors (Lipinski definition) is 3. The molecule has 0 unspecified atom stereocenters. The molecule has 0 aliphatic carbocycles. The maximum absolute atomic E-state index is 5.69. The number of hydrazine groups is 1. The summed E-state index contributed by atoms with van der Waals surface area (Å²) in [5.41, 5.74) is 1.25. The van der Waals surface area contributed by atoms with Crippen molar-refractivity contribution in [3.05, 3.63) is 0 Å². The highest BCUT2D eigenvalue weighted by atomic mass is 15.4. The number of nitrogens with zero attached hydrogens (tertiary/aromatic N) is 2. The van der Waals surface area contributed by atoms with Crippen LogP contribution in [0.2, 0.25) is 0 Å². The minimum atomic E-state index is 0.0615. The summed E-state index contributed by atoms with van der Waals surface area (Å²) < 4.78 is 0. The molecule has 3 nitrogen and oxygen atoms in total. The largest absolute Gasteiger partial charge is 0.298 e. The lowest BCUT2D eigenvalue weighted by atomic mass is 9.96. The van der Waals surface area contributed by atoms with Gasteiger partial charge in [-0.2, -0.15) is 0 Å². The number of rotatable bonds is 4. The molecule has 0 aliphatic heterocycles. The van der Waals surface area contributed by atoms with E-state index in [1.165, 1.54) is 5.71 Å². The van der Waals surface area contributed by atoms with E-state index in [0.717, 1.165) is 12.8 Å². The number of nitrogens with two attached hydrogens (primary N) is 1. The molecule has 12 heavy (non-hydrogen) atoms. The second-order valence-electron chi connectivity index (χ2n) is 3.88. The summed E-state index contributed by atoms with van der Waals surface area (Å²) in [6.45, 7) is 6.32. The first-order valence-corrected chi connectivity index (χ1v) is 4.31. The summed E-state index contributed by atoms with van der Waals surface area (Å²) in [4.78, 5) is 4.11. The van der Waals surface area contributed by atoms with Gasteiger partial charge in [0.1, 0.15) is 0 Å². The Morgan fingerprint density at radius 2 is 2.00 bits per heavy atom. The molecular weight excluding hydrogens is 150 g/mol. The molecule has 0 aromatic heterocycles. The molecule has 0 aliphatic rings. The van der Waals surface area contributed by atoms with E-state index in [1.54, 1.807) is 5.01 Å². The average molecular weight is 171 g/mol. The molecule has 2 N–H and O–H groups in total. The fourth-order valence-electron chi connectivity index (χ4n) is 0.775. The first-order chi connectivity index (χ1) is 5.40. The van der Waals surface area contributed by atoms with Crippen molar-refractivity contribution in [3.63, 3.8) is 0 Å². The predicted molar refractivity (Wildman–Crippen MR) is 54.3 cm³/mol. The minimum Gasteiger partial charge on any atom is -0.298 e. The summed E-state index contributed by atoms with van der Waals surface area (Å²) in [5, 5.41) is 1.76. The number of aliphatic imine (C=N–C) groups is 1. The molecule has 0 amide bonds. The van der Waals surface area contributed by atoms with Crippen LogP contribution in [0.1, 0.15) is 33.6 Å². The van der Waals surface area contributed by atoms with Crippen molar-refractivity contribution >= 4 is 5.71 Å². The van der Waals surface area contributed by atoms with Crippen LogP contribution >= 0.6 is 0 Å². The van der Waals surface area contributed by atoms with Gasteiger partial charge in [-0.25, -0.2) is 5.01 Å². The van der Waals surface area contributed by atoms with Crippen LogP contribution in [-0.4, -0.2) is 30.4 Å². The standard InChI is InChI=1S/C9H21N3/c1-8(11-4)6-7-9(2,3)12(5)10/h6-7,10H2,1-5H3. The van der Waals surface area contributed by atoms with Crippen LogP contribution in [0.15, 0.2) is 4.99 Å². The predicted octanol–water partition coefficient (Wildman–Crippen LogP) is 1.44. The topological polar surface area (TPSA) is 41.6 Å². The van der Waals surface area contributed by atoms with E-state index >= 15 is 0 Å². The van der Waals surface area contributed by atoms with Gasteiger partial charge in [-0.15, -0.1) is 0 Å². The van der Waals surface area contributed by atoms with Crippen LogP contribution in [-0.2, 0) is 0 Å². The quantitative estimate of drug-likeness (QED) is 0.395. The Labute approximate surface area is 75.6 Å². The Hall–Kier alpha value is -0.410. The Balaban J connectivity index is 3.92. The van der Waals surface area contributed by atoms with Crippen molar-refractivity contribution in [2.75, 3.05) is 14.1 Å². The van der Waals surface area contributed by atoms with Gasteiger partial charge in [0, 0.05) is 25.3 Å². The first-order valence-electron chi connectivity index (χ1n) is 4.31. The van der Waals surface area contributed by atoms with Crippen molar-refractivity contribution in [2.45, 2.75) is 39.2 Å². The molecule has 0 fully saturated rings. The van der Waals surface area contributed by atoms with Crippen molar-refractivity contribution in [3.8, 4) is 0 Å². The van der Waals surface area contributed by atoms with Gasteiger partial charge in [-0.05, 0) is 33.6 Å². The molecule has 0 spiro atoms. The van der Waals surface area contributed by atoms with E-state index in [-0.39, 0.29) is 5.54 Å². The fourth-order valence-corrected chi connectivity index (χ4v) is 0.775. The molecule has 72 valence electrons. The van der Waals surface area contributed by atoms with Gasteiger partial charge in [0.2, 0.25) is 0 Å². The third-order valence-corrected chi connectivity index (χ3v) is 2.44. The molecule has 0 saturated carbocycles. The summed E-state index contributed by atoms with van der Waals surface area (Å²) in [7, 11) is 3.73. The van der Waals surface area contributed by atoms with Crippen LogP contribution in [0.5, 0.6) is 0 Å². The minimum absolute atomic E-state index is 0.0615. The van der Waals surface area contributed by atoms with Crippen molar-refractivity contribution in [2.24, 2.45) is 10.8 Å². The molecule has 3 heteroatoms. The smallest absolute Gasteiger partial charge is 0.0296 e. The normalized spacial score (nSPS) is 14.1. The second-order valence-corrected chi connectivity index (χ2v) is 3.88. The van der Waals surface area contributed by atoms with Crippen molar-refractivity contribution in [1.29, 1.82) is 0 Å². The molecule has 0 bridgehead atoms. The first kappa shape index (κ1) is 11.6. The van der Waals surface area contributed by atoms with E-state index in [1.807, 2.05) is 21.0 Å². The van der Waals surface area contributed by atoms with Crippen LogP contribution in [0.25, 0.3) is 0 Å². The molecule has 0 heterocycles. The lowest BCUT2D eigenvalue weighted by Crippen LogP contribution is -2.45. The van der Waals surface area contributed by atoms with E-state index in [9.17, 15) is 0 Å². The zero-order chi connectivity index (χ0) is 9.78. The summed E-state index contributed by atoms with van der Waals surface area (Å²) >= 11 is 0. The molecule has 0 aromatic rings. The zero-order valence-corrected chi connectivity index (χ0v) is 8.89. The molecular formula is C9H21N3. The van der Waals surface area contributed by atoms with E-state index in [2.05, 4.69) is 18.8 Å². The highest BCUT2D eigenvalue weighted by molar-refractivity contribution is 5.81. The third kappa shape index (κ3) is 3.83. The van der Waals surface area contributed by atoms with Gasteiger partial charge < -0.3 is 0 Å². The number of hydrogen-bond donors (Lipinski definition) is 1. The van der Waals surface area contributed by atoms with Crippen LogP contribution < -0.4 is 5.84 Å². The molecule has 0 saturated heterocycles. The van der Waals surface area contributed by atoms with Gasteiger partial charge in [-0.1, -0.05) is 0 Å². The van der Waals surface area contributed by atoms with Crippen LogP contribution in [0.3, 0.4) is 0 Å². The second kappa shape index (κ2) is 4.58. The van der Waals surface area contributed by atoms with Gasteiger partial charge in [-0.3, -0.25) is 10.8 Å². The molecule has 0 radical (unpaired) electrons. The summed E-state index contributed by atoms with van der Waals surface area (Å²) in [6, 6.07) is 0. The fraction of sp³-hybridized carbons (Fsp3) is 0.889. The summed E-state index contributed by atoms with van der Waals surface area (Å²) in [5.74, 6) is 5.69. The van der Waals surface area contributed by atoms with Crippen molar-refractivity contribution < 1.29 is 0 Å². The van der Waals surface area contributed by atoms with Gasteiger partial charge in [0.05, 0.1) is 0 Å². The highest BCUT2D eigenvalue weighted by Crippen LogP contribution is 2.16. The Morgan fingerprint density at radius 1 is 1.50 bits per heavy atom. The molecule has 0 atom stereocenters. The van der Waals surface area contributed by atoms with Crippen LogP contribution in [0.4, 0.5) is 0 Å².